The molecule has 0 spiro atoms. The number of rotatable bonds is 4. The molecule has 1 atom stereocenters. The maximum Gasteiger partial charge on any atom is 0.191 e. The van der Waals surface area contributed by atoms with Crippen LogP contribution < -0.4 is 0 Å². The zero-order valence-corrected chi connectivity index (χ0v) is 13.7. The average Bonchev–Trinajstić information content (AvgIpc) is 1.93. The molecule has 0 bridgehead atoms. The first-order chi connectivity index (χ1) is 6.51. The molecule has 0 amide bonds. The first kappa shape index (κ1) is 16.6. The highest BCUT2D eigenvalue weighted by atomic mass is 35.6. The predicted octanol–water partition coefficient (Wildman–Crippen LogP) is 5.95. The van der Waals surface area contributed by atoms with Gasteiger partial charge in [0.2, 0.25) is 0 Å². The molecule has 92 valence electrons. The highest BCUT2D eigenvalue weighted by Gasteiger charge is 2.29. The Balaban J connectivity index is 4.18. The molecule has 0 aliphatic carbocycles. The molecule has 15 heavy (non-hydrogen) atoms. The van der Waals surface area contributed by atoms with E-state index in [2.05, 4.69) is 34.6 Å². The minimum absolute atomic E-state index is 0.241. The van der Waals surface area contributed by atoms with Crippen molar-refractivity contribution in [3.05, 3.63) is 0 Å². The fraction of sp³-hybridized carbons (Fsp3) is 1.00. The Kier molecular flexibility index (Phi) is 7.17. The molecular weight excluding hydrogens is 291 g/mol. The predicted molar refractivity (Wildman–Crippen MR) is 78.5 cm³/mol. The lowest BCUT2D eigenvalue weighted by atomic mass is 10.1. The molecule has 0 heterocycles. The molecular formula is C10H19Cl3S2. The van der Waals surface area contributed by atoms with Crippen molar-refractivity contribution in [1.82, 2.24) is 0 Å². The van der Waals surface area contributed by atoms with E-state index >= 15 is 0 Å². The van der Waals surface area contributed by atoms with E-state index in [1.807, 2.05) is 21.6 Å². The van der Waals surface area contributed by atoms with Crippen molar-refractivity contribution in [2.45, 2.75) is 54.8 Å². The van der Waals surface area contributed by atoms with E-state index < -0.39 is 3.79 Å². The van der Waals surface area contributed by atoms with Gasteiger partial charge in [0.1, 0.15) is 0 Å². The van der Waals surface area contributed by atoms with Gasteiger partial charge in [0.25, 0.3) is 0 Å². The standard InChI is InChI=1S/C10H19Cl3S2/c1-7(2)8(6-10(11,12)13)14-15-9(3,4)5/h7-8H,6H2,1-5H3/t8-/m0/s1. The van der Waals surface area contributed by atoms with E-state index in [-0.39, 0.29) is 4.75 Å². The molecule has 0 aromatic rings. The normalized spacial score (nSPS) is 15.8. The molecule has 0 aliphatic heterocycles. The van der Waals surface area contributed by atoms with E-state index in [9.17, 15) is 0 Å². The van der Waals surface area contributed by atoms with E-state index in [1.54, 1.807) is 0 Å². The fourth-order valence-electron chi connectivity index (χ4n) is 0.815. The van der Waals surface area contributed by atoms with E-state index in [4.69, 9.17) is 34.8 Å². The van der Waals surface area contributed by atoms with Crippen LogP contribution in [0.15, 0.2) is 0 Å². The van der Waals surface area contributed by atoms with Crippen molar-refractivity contribution in [2.24, 2.45) is 5.92 Å². The number of alkyl halides is 3. The topological polar surface area (TPSA) is 0 Å². The van der Waals surface area contributed by atoms with Gasteiger partial charge in [-0.25, -0.2) is 0 Å². The van der Waals surface area contributed by atoms with Gasteiger partial charge in [0, 0.05) is 16.4 Å². The van der Waals surface area contributed by atoms with E-state index in [1.165, 1.54) is 0 Å². The molecule has 0 radical (unpaired) electrons. The van der Waals surface area contributed by atoms with Crippen molar-refractivity contribution < 1.29 is 0 Å². The Morgan fingerprint density at radius 2 is 1.53 bits per heavy atom. The van der Waals surface area contributed by atoms with Gasteiger partial charge in [-0.2, -0.15) is 0 Å². The second-order valence-electron chi connectivity index (χ2n) is 4.89. The van der Waals surface area contributed by atoms with Crippen molar-refractivity contribution in [1.29, 1.82) is 0 Å². The first-order valence-corrected chi connectivity index (χ1v) is 8.27. The third kappa shape index (κ3) is 10.4. The van der Waals surface area contributed by atoms with Crippen LogP contribution in [-0.2, 0) is 0 Å². The summed E-state index contributed by atoms with van der Waals surface area (Å²) in [4.78, 5) is 0. The van der Waals surface area contributed by atoms with Crippen molar-refractivity contribution in [3.8, 4) is 0 Å². The van der Waals surface area contributed by atoms with Crippen molar-refractivity contribution in [3.63, 3.8) is 0 Å². The van der Waals surface area contributed by atoms with Crippen LogP contribution in [0.25, 0.3) is 0 Å². The minimum atomic E-state index is -1.14. The van der Waals surface area contributed by atoms with Crippen molar-refractivity contribution >= 4 is 56.4 Å². The molecule has 0 N–H and O–H groups in total. The van der Waals surface area contributed by atoms with Gasteiger partial charge in [-0.1, -0.05) is 91.0 Å². The number of hydrogen-bond acceptors (Lipinski definition) is 2. The number of halogens is 3. The van der Waals surface area contributed by atoms with Gasteiger partial charge >= 0.3 is 0 Å². The summed E-state index contributed by atoms with van der Waals surface area (Å²) < 4.78 is -0.897. The highest BCUT2D eigenvalue weighted by Crippen LogP contribution is 2.45. The van der Waals surface area contributed by atoms with Crippen LogP contribution in [0.5, 0.6) is 0 Å². The Morgan fingerprint density at radius 1 is 1.07 bits per heavy atom. The molecule has 0 aromatic heterocycles. The molecule has 0 unspecified atom stereocenters. The van der Waals surface area contributed by atoms with Crippen LogP contribution in [0, 0.1) is 5.92 Å². The van der Waals surface area contributed by atoms with E-state index in [0.717, 1.165) is 0 Å². The Morgan fingerprint density at radius 3 is 1.80 bits per heavy atom. The zero-order chi connectivity index (χ0) is 12.3. The fourth-order valence-corrected chi connectivity index (χ4v) is 4.65. The SMILES string of the molecule is CC(C)[C@H](CC(Cl)(Cl)Cl)SSC(C)(C)C. The van der Waals surface area contributed by atoms with E-state index in [0.29, 0.717) is 17.6 Å². The van der Waals surface area contributed by atoms with Crippen LogP contribution in [-0.4, -0.2) is 13.8 Å². The van der Waals surface area contributed by atoms with Gasteiger partial charge in [-0.15, -0.1) is 0 Å². The summed E-state index contributed by atoms with van der Waals surface area (Å²) in [5, 5.41) is 0.377. The largest absolute Gasteiger partial charge is 0.191 e. The molecule has 0 aliphatic rings. The molecule has 0 aromatic carbocycles. The van der Waals surface area contributed by atoms with Gasteiger partial charge < -0.3 is 0 Å². The molecule has 0 rings (SSSR count). The summed E-state index contributed by atoms with van der Waals surface area (Å²) >= 11 is 17.5. The molecule has 0 nitrogen and oxygen atoms in total. The van der Waals surface area contributed by atoms with Gasteiger partial charge in [0.15, 0.2) is 3.79 Å². The first-order valence-electron chi connectivity index (χ1n) is 4.92. The highest BCUT2D eigenvalue weighted by molar-refractivity contribution is 8.77. The second kappa shape index (κ2) is 6.49. The minimum Gasteiger partial charge on any atom is -0.0898 e. The summed E-state index contributed by atoms with van der Waals surface area (Å²) in [5.41, 5.74) is 0. The summed E-state index contributed by atoms with van der Waals surface area (Å²) in [6, 6.07) is 0. The second-order valence-corrected chi connectivity index (χ2v) is 10.7. The number of hydrogen-bond donors (Lipinski definition) is 0. The van der Waals surface area contributed by atoms with Crippen LogP contribution in [0.1, 0.15) is 41.0 Å². The molecule has 0 saturated carbocycles. The Hall–Kier alpha value is 1.57. The van der Waals surface area contributed by atoms with Crippen LogP contribution in [0.3, 0.4) is 0 Å². The Bertz CT molecular complexity index is 182. The maximum atomic E-state index is 5.83. The molecule has 0 fully saturated rings. The van der Waals surface area contributed by atoms with Crippen LogP contribution in [0.4, 0.5) is 0 Å². The summed E-state index contributed by atoms with van der Waals surface area (Å²) in [7, 11) is 3.68. The lowest BCUT2D eigenvalue weighted by Gasteiger charge is -2.26. The maximum absolute atomic E-state index is 5.83. The van der Waals surface area contributed by atoms with Gasteiger partial charge in [0.05, 0.1) is 0 Å². The summed E-state index contributed by atoms with van der Waals surface area (Å²) in [5.74, 6) is 0.514. The third-order valence-corrected chi connectivity index (χ3v) is 6.15. The lowest BCUT2D eigenvalue weighted by Crippen LogP contribution is -2.19. The van der Waals surface area contributed by atoms with Crippen LogP contribution in [0.2, 0.25) is 0 Å². The monoisotopic (exact) mass is 308 g/mol. The average molecular weight is 310 g/mol. The summed E-state index contributed by atoms with van der Waals surface area (Å²) in [6.45, 7) is 10.9. The quantitative estimate of drug-likeness (QED) is 0.465. The Labute approximate surface area is 117 Å². The lowest BCUT2D eigenvalue weighted by molar-refractivity contribution is 0.581. The van der Waals surface area contributed by atoms with Gasteiger partial charge in [-0.3, -0.25) is 0 Å². The third-order valence-electron chi connectivity index (χ3n) is 1.60. The molecule has 0 saturated heterocycles. The van der Waals surface area contributed by atoms with Crippen LogP contribution >= 0.6 is 56.4 Å². The summed E-state index contributed by atoms with van der Waals surface area (Å²) in [6.07, 6.45) is 0.600. The zero-order valence-electron chi connectivity index (χ0n) is 9.81. The van der Waals surface area contributed by atoms with Crippen molar-refractivity contribution in [2.75, 3.05) is 0 Å². The molecule has 5 heteroatoms. The smallest absolute Gasteiger partial charge is 0.0898 e. The van der Waals surface area contributed by atoms with Gasteiger partial charge in [-0.05, 0) is 5.92 Å².